The smallest absolute Gasteiger partial charge is 0.326 e. The number of amides is 4. The van der Waals surface area contributed by atoms with E-state index >= 15 is 0 Å². The molecule has 0 bridgehead atoms. The SMILES string of the molecule is C[C@@H](O)[C@H](NC(=O)[C@H](Cc1cnc[nH]1)NC(=O)[C@@H]1CCCN1)C(=O)N[C@@H](CS)C(=O)N[C@@H](CCCCN)C(=O)O. The maximum absolute atomic E-state index is 13.2. The first-order valence-corrected chi connectivity index (χ1v) is 13.8. The molecule has 0 aromatic carbocycles. The van der Waals surface area contributed by atoms with Crippen LogP contribution in [0.25, 0.3) is 0 Å². The van der Waals surface area contributed by atoms with E-state index in [0.717, 1.165) is 6.42 Å². The third-order valence-corrected chi connectivity index (χ3v) is 6.79. The monoisotopic (exact) mass is 584 g/mol. The third-order valence-electron chi connectivity index (χ3n) is 6.43. The average Bonchev–Trinajstić information content (AvgIpc) is 3.63. The Morgan fingerprint density at radius 1 is 1.07 bits per heavy atom. The number of hydrogen-bond acceptors (Lipinski definition) is 10. The number of nitrogens with two attached hydrogens (primary N) is 1. The first kappa shape index (κ1) is 33.0. The maximum atomic E-state index is 13.2. The van der Waals surface area contributed by atoms with E-state index in [2.05, 4.69) is 49.2 Å². The van der Waals surface area contributed by atoms with Gasteiger partial charge in [-0.05, 0) is 52.1 Å². The Balaban J connectivity index is 2.08. The highest BCUT2D eigenvalue weighted by Gasteiger charge is 2.34. The second kappa shape index (κ2) is 16.8. The fourth-order valence-electron chi connectivity index (χ4n) is 4.14. The zero-order valence-electron chi connectivity index (χ0n) is 22.4. The van der Waals surface area contributed by atoms with Crippen LogP contribution >= 0.6 is 12.6 Å². The number of carboxylic acids is 1. The van der Waals surface area contributed by atoms with Crippen molar-refractivity contribution in [3.8, 4) is 0 Å². The van der Waals surface area contributed by atoms with Crippen molar-refractivity contribution in [2.45, 2.75) is 81.8 Å². The summed E-state index contributed by atoms with van der Waals surface area (Å²) < 4.78 is 0. The number of H-pyrrole nitrogens is 1. The van der Waals surface area contributed by atoms with Gasteiger partial charge in [-0.2, -0.15) is 12.6 Å². The Morgan fingerprint density at radius 3 is 2.33 bits per heavy atom. The topological polar surface area (TPSA) is 241 Å². The molecule has 6 atom stereocenters. The Morgan fingerprint density at radius 2 is 1.77 bits per heavy atom. The van der Waals surface area contributed by atoms with Crippen molar-refractivity contribution in [3.05, 3.63) is 18.2 Å². The standard InChI is InChI=1S/C24H40N8O7S/c1-13(33)19(23(37)31-18(11-40)22(36)29-16(24(38)39)5-2-3-7-25)32-21(35)17(9-14-10-26-12-28-14)30-20(34)15-6-4-8-27-15/h10,12-13,15-19,27,33,40H,2-9,11,25H2,1H3,(H,26,28)(H,29,36)(H,30,34)(H,31,37)(H,32,35)(H,38,39)/t13-,15+,16+,17+,18+,19+/m1/s1. The molecule has 0 radical (unpaired) electrons. The van der Waals surface area contributed by atoms with Gasteiger partial charge in [0.2, 0.25) is 23.6 Å². The summed E-state index contributed by atoms with van der Waals surface area (Å²) in [4.78, 5) is 70.1. The van der Waals surface area contributed by atoms with Crippen molar-refractivity contribution in [1.82, 2.24) is 36.6 Å². The molecular weight excluding hydrogens is 544 g/mol. The lowest BCUT2D eigenvalue weighted by Crippen LogP contribution is -2.61. The number of aliphatic hydroxyl groups excluding tert-OH is 1. The summed E-state index contributed by atoms with van der Waals surface area (Å²) >= 11 is 4.09. The third kappa shape index (κ3) is 10.4. The molecule has 1 aromatic heterocycles. The van der Waals surface area contributed by atoms with Gasteiger partial charge in [0.15, 0.2) is 0 Å². The molecule has 40 heavy (non-hydrogen) atoms. The highest BCUT2D eigenvalue weighted by molar-refractivity contribution is 7.80. The number of unbranched alkanes of at least 4 members (excludes halogenated alkanes) is 1. The normalized spacial score (nSPS) is 18.6. The lowest BCUT2D eigenvalue weighted by Gasteiger charge is -2.27. The Labute approximate surface area is 237 Å². The minimum atomic E-state index is -1.49. The molecule has 15 nitrogen and oxygen atoms in total. The number of carbonyl (C=O) groups excluding carboxylic acids is 4. The molecule has 2 heterocycles. The number of aromatic amines is 1. The van der Waals surface area contributed by atoms with E-state index in [1.807, 2.05) is 0 Å². The molecule has 1 aliphatic rings. The van der Waals surface area contributed by atoms with Gasteiger partial charge >= 0.3 is 5.97 Å². The number of aliphatic carboxylic acids is 1. The van der Waals surface area contributed by atoms with Gasteiger partial charge in [-0.15, -0.1) is 0 Å². The van der Waals surface area contributed by atoms with E-state index in [9.17, 15) is 34.2 Å². The number of carboxylic acid groups (broad SMARTS) is 1. The summed E-state index contributed by atoms with van der Waals surface area (Å²) in [6, 6.07) is -5.48. The molecule has 10 N–H and O–H groups in total. The van der Waals surface area contributed by atoms with Crippen molar-refractivity contribution in [2.24, 2.45) is 5.73 Å². The Hall–Kier alpha value is -3.21. The second-order valence-electron chi connectivity index (χ2n) is 9.65. The van der Waals surface area contributed by atoms with Crippen molar-refractivity contribution >= 4 is 42.2 Å². The molecule has 4 amide bonds. The first-order chi connectivity index (χ1) is 19.1. The van der Waals surface area contributed by atoms with Crippen molar-refractivity contribution in [2.75, 3.05) is 18.8 Å². The number of thiol groups is 1. The number of rotatable bonds is 17. The van der Waals surface area contributed by atoms with E-state index in [-0.39, 0.29) is 24.5 Å². The van der Waals surface area contributed by atoms with Crippen LogP contribution in [0, 0.1) is 0 Å². The molecule has 1 aliphatic heterocycles. The van der Waals surface area contributed by atoms with Gasteiger partial charge in [-0.1, -0.05) is 0 Å². The highest BCUT2D eigenvalue weighted by atomic mass is 32.1. The number of aliphatic hydroxyl groups is 1. The molecule has 0 saturated carbocycles. The lowest BCUT2D eigenvalue weighted by molar-refractivity contribution is -0.142. The molecule has 2 rings (SSSR count). The zero-order chi connectivity index (χ0) is 29.7. The molecule has 0 unspecified atom stereocenters. The number of aromatic nitrogens is 2. The van der Waals surface area contributed by atoms with Gasteiger partial charge in [0, 0.05) is 24.1 Å². The number of nitrogens with one attached hydrogen (secondary N) is 6. The zero-order valence-corrected chi connectivity index (χ0v) is 23.3. The van der Waals surface area contributed by atoms with Crippen LogP contribution in [0.5, 0.6) is 0 Å². The number of hydrogen-bond donors (Lipinski definition) is 10. The van der Waals surface area contributed by atoms with Gasteiger partial charge in [0.05, 0.1) is 18.5 Å². The average molecular weight is 585 g/mol. The number of imidazole rings is 1. The minimum Gasteiger partial charge on any atom is -0.480 e. The predicted octanol–water partition coefficient (Wildman–Crippen LogP) is -2.83. The van der Waals surface area contributed by atoms with Gasteiger partial charge in [0.25, 0.3) is 0 Å². The van der Waals surface area contributed by atoms with Crippen molar-refractivity contribution < 1.29 is 34.2 Å². The van der Waals surface area contributed by atoms with Crippen LogP contribution < -0.4 is 32.3 Å². The molecule has 1 fully saturated rings. The molecule has 16 heteroatoms. The van der Waals surface area contributed by atoms with E-state index < -0.39 is 60.0 Å². The van der Waals surface area contributed by atoms with Gasteiger partial charge in [-0.25, -0.2) is 9.78 Å². The maximum Gasteiger partial charge on any atom is 0.326 e. The number of carbonyl (C=O) groups is 5. The van der Waals surface area contributed by atoms with Crippen LogP contribution in [0.3, 0.4) is 0 Å². The molecular formula is C24H40N8O7S. The van der Waals surface area contributed by atoms with Crippen molar-refractivity contribution in [3.63, 3.8) is 0 Å². The summed E-state index contributed by atoms with van der Waals surface area (Å²) in [6.07, 6.45) is 4.23. The van der Waals surface area contributed by atoms with Crippen LogP contribution in [0.1, 0.15) is 44.7 Å². The summed E-state index contributed by atoms with van der Waals surface area (Å²) in [5, 5.41) is 32.7. The molecule has 1 aromatic rings. The summed E-state index contributed by atoms with van der Waals surface area (Å²) in [6.45, 7) is 2.34. The van der Waals surface area contributed by atoms with E-state index in [0.29, 0.717) is 38.0 Å². The van der Waals surface area contributed by atoms with Crippen LogP contribution in [-0.2, 0) is 30.4 Å². The van der Waals surface area contributed by atoms with Crippen LogP contribution in [-0.4, -0.2) is 105 Å². The first-order valence-electron chi connectivity index (χ1n) is 13.2. The Kier molecular flexibility index (Phi) is 13.9. The molecule has 1 saturated heterocycles. The van der Waals surface area contributed by atoms with Gasteiger partial charge in [-0.3, -0.25) is 19.2 Å². The fourth-order valence-corrected chi connectivity index (χ4v) is 4.40. The summed E-state index contributed by atoms with van der Waals surface area (Å²) in [7, 11) is 0. The predicted molar refractivity (Wildman–Crippen MR) is 147 cm³/mol. The van der Waals surface area contributed by atoms with Crippen LogP contribution in [0.15, 0.2) is 12.5 Å². The quantitative estimate of drug-likeness (QED) is 0.0664. The highest BCUT2D eigenvalue weighted by Crippen LogP contribution is 2.08. The summed E-state index contributed by atoms with van der Waals surface area (Å²) in [5.41, 5.74) is 6.00. The van der Waals surface area contributed by atoms with Crippen molar-refractivity contribution in [1.29, 1.82) is 0 Å². The molecule has 0 spiro atoms. The fraction of sp³-hybridized carbons (Fsp3) is 0.667. The van der Waals surface area contributed by atoms with Crippen LogP contribution in [0.2, 0.25) is 0 Å². The van der Waals surface area contributed by atoms with E-state index in [1.54, 1.807) is 0 Å². The lowest BCUT2D eigenvalue weighted by atomic mass is 10.1. The van der Waals surface area contributed by atoms with Gasteiger partial charge in [0.1, 0.15) is 24.2 Å². The number of nitrogens with zero attached hydrogens (tertiary/aromatic N) is 1. The second-order valence-corrected chi connectivity index (χ2v) is 10.0. The van der Waals surface area contributed by atoms with Crippen LogP contribution in [0.4, 0.5) is 0 Å². The van der Waals surface area contributed by atoms with Gasteiger partial charge < -0.3 is 47.5 Å². The van der Waals surface area contributed by atoms with E-state index in [4.69, 9.17) is 5.73 Å². The minimum absolute atomic E-state index is 0.0425. The Bertz CT molecular complexity index is 988. The largest absolute Gasteiger partial charge is 0.480 e. The molecule has 0 aliphatic carbocycles. The van der Waals surface area contributed by atoms with E-state index in [1.165, 1.54) is 19.4 Å². The summed E-state index contributed by atoms with van der Waals surface area (Å²) in [5.74, 6) is -4.20. The molecule has 224 valence electrons.